The van der Waals surface area contributed by atoms with Gasteiger partial charge >= 0.3 is 0 Å². The fraction of sp³-hybridized carbons (Fsp3) is 0.316. The minimum absolute atomic E-state index is 0.0975. The van der Waals surface area contributed by atoms with Gasteiger partial charge in [-0.15, -0.1) is 0 Å². The van der Waals surface area contributed by atoms with Crippen LogP contribution in [0.2, 0.25) is 0 Å². The summed E-state index contributed by atoms with van der Waals surface area (Å²) >= 11 is 3.32. The number of aromatic nitrogens is 1. The van der Waals surface area contributed by atoms with Gasteiger partial charge in [0.15, 0.2) is 0 Å². The first-order valence-corrected chi connectivity index (χ1v) is 9.32. The van der Waals surface area contributed by atoms with E-state index in [1.807, 2.05) is 6.07 Å². The number of pyridine rings is 1. The Labute approximate surface area is 159 Å². The maximum absolute atomic E-state index is 12.7. The number of anilines is 1. The van der Waals surface area contributed by atoms with Crippen molar-refractivity contribution >= 4 is 33.4 Å². The zero-order chi connectivity index (χ0) is 18.7. The third-order valence-electron chi connectivity index (χ3n) is 4.41. The van der Waals surface area contributed by atoms with Crippen molar-refractivity contribution in [2.24, 2.45) is 7.05 Å². The highest BCUT2D eigenvalue weighted by Crippen LogP contribution is 2.16. The van der Waals surface area contributed by atoms with Crippen molar-refractivity contribution in [1.29, 1.82) is 0 Å². The summed E-state index contributed by atoms with van der Waals surface area (Å²) in [6, 6.07) is 8.35. The number of aryl methyl sites for hydroxylation is 1. The van der Waals surface area contributed by atoms with E-state index in [9.17, 15) is 14.4 Å². The maximum Gasteiger partial charge on any atom is 0.274 e. The molecule has 1 aliphatic rings. The minimum Gasteiger partial charge on any atom is -0.339 e. The lowest BCUT2D eigenvalue weighted by molar-refractivity contribution is 0.0723. The molecule has 2 aromatic rings. The van der Waals surface area contributed by atoms with Gasteiger partial charge in [-0.25, -0.2) is 0 Å². The molecule has 136 valence electrons. The second-order valence-electron chi connectivity index (χ2n) is 6.38. The predicted molar refractivity (Wildman–Crippen MR) is 104 cm³/mol. The van der Waals surface area contributed by atoms with E-state index in [4.69, 9.17) is 0 Å². The molecule has 1 aromatic carbocycles. The van der Waals surface area contributed by atoms with Gasteiger partial charge in [0.05, 0.1) is 5.56 Å². The highest BCUT2D eigenvalue weighted by Gasteiger charge is 2.20. The monoisotopic (exact) mass is 417 g/mol. The fourth-order valence-electron chi connectivity index (χ4n) is 3.02. The van der Waals surface area contributed by atoms with Crippen LogP contribution in [0.3, 0.4) is 0 Å². The summed E-state index contributed by atoms with van der Waals surface area (Å²) in [6.07, 6.45) is 4.63. The van der Waals surface area contributed by atoms with Gasteiger partial charge in [0, 0.05) is 36.4 Å². The molecule has 1 N–H and O–H groups in total. The number of piperidine rings is 1. The summed E-state index contributed by atoms with van der Waals surface area (Å²) in [7, 11) is 1.57. The molecule has 1 fully saturated rings. The minimum atomic E-state index is -0.397. The lowest BCUT2D eigenvalue weighted by Gasteiger charge is -2.27. The Morgan fingerprint density at radius 1 is 1.08 bits per heavy atom. The summed E-state index contributed by atoms with van der Waals surface area (Å²) < 4.78 is 2.10. The molecule has 6 nitrogen and oxygen atoms in total. The standard InChI is InChI=1S/C19H20BrN3O3/c1-22-12-14(18(25)23-8-3-2-4-9-23)11-16(19(22)26)21-17(24)13-6-5-7-15(20)10-13/h5-7,10-12H,2-4,8-9H2,1H3,(H,21,24). The second kappa shape index (κ2) is 7.86. The number of benzene rings is 1. The number of amides is 2. The van der Waals surface area contributed by atoms with Gasteiger partial charge in [0.1, 0.15) is 5.69 Å². The molecule has 0 saturated carbocycles. The second-order valence-corrected chi connectivity index (χ2v) is 7.29. The number of likely N-dealkylation sites (tertiary alicyclic amines) is 1. The van der Waals surface area contributed by atoms with E-state index in [2.05, 4.69) is 21.2 Å². The van der Waals surface area contributed by atoms with E-state index < -0.39 is 5.91 Å². The van der Waals surface area contributed by atoms with Crippen molar-refractivity contribution in [2.45, 2.75) is 19.3 Å². The Kier molecular flexibility index (Phi) is 5.56. The van der Waals surface area contributed by atoms with Crippen molar-refractivity contribution < 1.29 is 9.59 Å². The smallest absolute Gasteiger partial charge is 0.274 e. The molecule has 26 heavy (non-hydrogen) atoms. The Morgan fingerprint density at radius 3 is 2.50 bits per heavy atom. The molecule has 0 aliphatic carbocycles. The normalized spacial score (nSPS) is 14.2. The number of hydrogen-bond acceptors (Lipinski definition) is 3. The first-order chi connectivity index (χ1) is 12.5. The number of carbonyl (C=O) groups excluding carboxylic acids is 2. The molecule has 0 unspecified atom stereocenters. The van der Waals surface area contributed by atoms with E-state index in [1.165, 1.54) is 16.8 Å². The zero-order valence-electron chi connectivity index (χ0n) is 14.5. The van der Waals surface area contributed by atoms with Gasteiger partial charge in [-0.3, -0.25) is 14.4 Å². The molecular formula is C19H20BrN3O3. The number of nitrogens with one attached hydrogen (secondary N) is 1. The molecule has 0 atom stereocenters. The molecule has 2 heterocycles. The van der Waals surface area contributed by atoms with Crippen LogP contribution in [-0.2, 0) is 7.05 Å². The summed E-state index contributed by atoms with van der Waals surface area (Å²) in [5.41, 5.74) is 0.566. The third-order valence-corrected chi connectivity index (χ3v) is 4.90. The number of nitrogens with zero attached hydrogens (tertiary/aromatic N) is 2. The van der Waals surface area contributed by atoms with E-state index in [0.717, 1.165) is 36.8 Å². The molecule has 3 rings (SSSR count). The van der Waals surface area contributed by atoms with E-state index in [1.54, 1.807) is 30.1 Å². The van der Waals surface area contributed by atoms with E-state index in [0.29, 0.717) is 11.1 Å². The molecular weight excluding hydrogens is 398 g/mol. The van der Waals surface area contributed by atoms with Crippen molar-refractivity contribution in [3.63, 3.8) is 0 Å². The Morgan fingerprint density at radius 2 is 1.81 bits per heavy atom. The summed E-state index contributed by atoms with van der Waals surface area (Å²) in [4.78, 5) is 39.3. The molecule has 1 aromatic heterocycles. The average Bonchev–Trinajstić information content (AvgIpc) is 2.65. The Bertz CT molecular complexity index is 901. The first kappa shape index (κ1) is 18.4. The van der Waals surface area contributed by atoms with Gasteiger partial charge in [-0.1, -0.05) is 22.0 Å². The fourth-order valence-corrected chi connectivity index (χ4v) is 3.42. The van der Waals surface area contributed by atoms with Crippen LogP contribution in [0.25, 0.3) is 0 Å². The van der Waals surface area contributed by atoms with E-state index in [-0.39, 0.29) is 17.2 Å². The quantitative estimate of drug-likeness (QED) is 0.833. The summed E-state index contributed by atoms with van der Waals surface area (Å²) in [5.74, 6) is -0.510. The highest BCUT2D eigenvalue weighted by molar-refractivity contribution is 9.10. The van der Waals surface area contributed by atoms with Crippen molar-refractivity contribution in [2.75, 3.05) is 18.4 Å². The lowest BCUT2D eigenvalue weighted by atomic mass is 10.1. The lowest BCUT2D eigenvalue weighted by Crippen LogP contribution is -2.36. The van der Waals surface area contributed by atoms with Crippen LogP contribution in [0.1, 0.15) is 40.0 Å². The van der Waals surface area contributed by atoms with Gasteiger partial charge in [-0.05, 0) is 43.5 Å². The number of rotatable bonds is 3. The number of hydrogen-bond donors (Lipinski definition) is 1. The molecule has 0 radical (unpaired) electrons. The maximum atomic E-state index is 12.7. The van der Waals surface area contributed by atoms with Crippen LogP contribution in [0.5, 0.6) is 0 Å². The molecule has 2 amide bonds. The summed E-state index contributed by atoms with van der Waals surface area (Å²) in [6.45, 7) is 1.45. The van der Waals surface area contributed by atoms with Crippen molar-refractivity contribution in [3.05, 3.63) is 62.5 Å². The van der Waals surface area contributed by atoms with Gasteiger partial charge < -0.3 is 14.8 Å². The van der Waals surface area contributed by atoms with Crippen LogP contribution in [0.15, 0.2) is 45.8 Å². The number of halogens is 1. The predicted octanol–water partition coefficient (Wildman–Crippen LogP) is 3.03. The van der Waals surface area contributed by atoms with Gasteiger partial charge in [0.2, 0.25) is 0 Å². The largest absolute Gasteiger partial charge is 0.339 e. The third kappa shape index (κ3) is 4.04. The molecule has 7 heteroatoms. The average molecular weight is 418 g/mol. The Hall–Kier alpha value is -2.41. The van der Waals surface area contributed by atoms with Gasteiger partial charge in [0.25, 0.3) is 17.4 Å². The topological polar surface area (TPSA) is 71.4 Å². The van der Waals surface area contributed by atoms with Crippen LogP contribution in [0, 0.1) is 0 Å². The Balaban J connectivity index is 1.87. The first-order valence-electron chi connectivity index (χ1n) is 8.52. The highest BCUT2D eigenvalue weighted by atomic mass is 79.9. The SMILES string of the molecule is Cn1cc(C(=O)N2CCCCC2)cc(NC(=O)c2cccc(Br)c2)c1=O. The molecule has 0 bridgehead atoms. The summed E-state index contributed by atoms with van der Waals surface area (Å²) in [5, 5.41) is 2.63. The van der Waals surface area contributed by atoms with E-state index >= 15 is 0 Å². The zero-order valence-corrected chi connectivity index (χ0v) is 16.1. The van der Waals surface area contributed by atoms with Crippen LogP contribution in [-0.4, -0.2) is 34.4 Å². The molecule has 1 aliphatic heterocycles. The number of carbonyl (C=O) groups is 2. The molecule has 0 spiro atoms. The van der Waals surface area contributed by atoms with Crippen LogP contribution in [0.4, 0.5) is 5.69 Å². The van der Waals surface area contributed by atoms with Crippen LogP contribution >= 0.6 is 15.9 Å². The van der Waals surface area contributed by atoms with Crippen molar-refractivity contribution in [3.8, 4) is 0 Å². The van der Waals surface area contributed by atoms with Gasteiger partial charge in [-0.2, -0.15) is 0 Å². The molecule has 1 saturated heterocycles. The van der Waals surface area contributed by atoms with Crippen molar-refractivity contribution in [1.82, 2.24) is 9.47 Å². The van der Waals surface area contributed by atoms with Crippen LogP contribution < -0.4 is 10.9 Å².